The molecule has 17 heavy (non-hydrogen) atoms. The fraction of sp³-hybridized carbons (Fsp3) is 0.0769. The van der Waals surface area contributed by atoms with E-state index in [9.17, 15) is 4.39 Å². The maximum Gasteiger partial charge on any atom is 0.142 e. The van der Waals surface area contributed by atoms with E-state index in [-0.39, 0.29) is 10.8 Å². The molecule has 0 fully saturated rings. The molecule has 0 aromatic heterocycles. The molecule has 0 radical (unpaired) electrons. The molecule has 1 nitrogen and oxygen atoms in total. The molecule has 0 aliphatic carbocycles. The highest BCUT2D eigenvalue weighted by Gasteiger charge is 2.05. The molecule has 0 heterocycles. The van der Waals surface area contributed by atoms with E-state index in [1.54, 1.807) is 36.0 Å². The third-order valence-electron chi connectivity index (χ3n) is 2.26. The summed E-state index contributed by atoms with van der Waals surface area (Å²) in [5.41, 5.74) is 0.768. The Kier molecular flexibility index (Phi) is 3.92. The van der Waals surface area contributed by atoms with Gasteiger partial charge in [0.05, 0.1) is 5.02 Å². The molecule has 0 atom stereocenters. The van der Waals surface area contributed by atoms with Gasteiger partial charge in [-0.2, -0.15) is 0 Å². The smallest absolute Gasteiger partial charge is 0.142 e. The fourth-order valence-electron chi connectivity index (χ4n) is 1.36. The van der Waals surface area contributed by atoms with E-state index in [1.807, 2.05) is 12.1 Å². The molecule has 0 unspecified atom stereocenters. The van der Waals surface area contributed by atoms with Gasteiger partial charge in [-0.15, -0.1) is 11.8 Å². The van der Waals surface area contributed by atoms with Gasteiger partial charge in [0.25, 0.3) is 0 Å². The van der Waals surface area contributed by atoms with Crippen molar-refractivity contribution in [3.05, 3.63) is 58.9 Å². The van der Waals surface area contributed by atoms with Gasteiger partial charge in [0.15, 0.2) is 0 Å². The van der Waals surface area contributed by atoms with Crippen LogP contribution in [-0.4, -0.2) is 5.11 Å². The van der Waals surface area contributed by atoms with E-state index in [1.165, 1.54) is 6.07 Å². The van der Waals surface area contributed by atoms with Crippen LogP contribution in [0.25, 0.3) is 0 Å². The molecular formula is C13H10ClFOS. The summed E-state index contributed by atoms with van der Waals surface area (Å²) in [7, 11) is 0. The number of phenols is 1. The van der Waals surface area contributed by atoms with Crippen LogP contribution in [0, 0.1) is 5.82 Å². The van der Waals surface area contributed by atoms with Gasteiger partial charge in [-0.1, -0.05) is 23.7 Å². The van der Waals surface area contributed by atoms with Gasteiger partial charge >= 0.3 is 0 Å². The normalized spacial score (nSPS) is 10.5. The molecule has 0 spiro atoms. The van der Waals surface area contributed by atoms with Gasteiger partial charge < -0.3 is 5.11 Å². The number of rotatable bonds is 3. The molecule has 0 amide bonds. The highest BCUT2D eigenvalue weighted by Crippen LogP contribution is 2.28. The quantitative estimate of drug-likeness (QED) is 0.829. The minimum Gasteiger partial charge on any atom is -0.508 e. The zero-order valence-corrected chi connectivity index (χ0v) is 10.4. The lowest BCUT2D eigenvalue weighted by Crippen LogP contribution is -1.86. The van der Waals surface area contributed by atoms with Crippen LogP contribution in [0.15, 0.2) is 47.4 Å². The summed E-state index contributed by atoms with van der Waals surface area (Å²) in [6.45, 7) is 0. The van der Waals surface area contributed by atoms with Crippen LogP contribution in [0.3, 0.4) is 0 Å². The Morgan fingerprint density at radius 2 is 1.82 bits per heavy atom. The SMILES string of the molecule is Oc1ccc(SCc2cccc(F)c2Cl)cc1. The summed E-state index contributed by atoms with van der Waals surface area (Å²) in [4.78, 5) is 1.00. The number of aromatic hydroxyl groups is 1. The molecule has 1 N–H and O–H groups in total. The molecule has 0 aliphatic rings. The van der Waals surface area contributed by atoms with Crippen molar-refractivity contribution in [1.29, 1.82) is 0 Å². The Bertz CT molecular complexity index is 513. The molecule has 0 bridgehead atoms. The Morgan fingerprint density at radius 3 is 2.53 bits per heavy atom. The standard InChI is InChI=1S/C13H10ClFOS/c14-13-9(2-1-3-12(13)15)8-17-11-6-4-10(16)5-7-11/h1-7,16H,8H2. The van der Waals surface area contributed by atoms with Gasteiger partial charge in [-0.3, -0.25) is 0 Å². The van der Waals surface area contributed by atoms with Crippen LogP contribution in [0.1, 0.15) is 5.56 Å². The van der Waals surface area contributed by atoms with Crippen LogP contribution in [-0.2, 0) is 5.75 Å². The Labute approximate surface area is 108 Å². The zero-order valence-electron chi connectivity index (χ0n) is 8.86. The largest absolute Gasteiger partial charge is 0.508 e. The first-order valence-corrected chi connectivity index (χ1v) is 6.38. The molecule has 4 heteroatoms. The fourth-order valence-corrected chi connectivity index (χ4v) is 2.53. The first-order valence-electron chi connectivity index (χ1n) is 5.01. The summed E-state index contributed by atoms with van der Waals surface area (Å²) in [6, 6.07) is 11.7. The lowest BCUT2D eigenvalue weighted by molar-refractivity contribution is 0.475. The van der Waals surface area contributed by atoms with E-state index < -0.39 is 5.82 Å². The van der Waals surface area contributed by atoms with Crippen molar-refractivity contribution >= 4 is 23.4 Å². The first-order chi connectivity index (χ1) is 8.16. The van der Waals surface area contributed by atoms with Crippen LogP contribution < -0.4 is 0 Å². The molecule has 88 valence electrons. The Balaban J connectivity index is 2.07. The summed E-state index contributed by atoms with van der Waals surface area (Å²) in [5, 5.41) is 9.32. The van der Waals surface area contributed by atoms with E-state index in [2.05, 4.69) is 0 Å². The predicted molar refractivity (Wildman–Crippen MR) is 69.1 cm³/mol. The predicted octanol–water partition coefficient (Wildman–Crippen LogP) is 4.48. The van der Waals surface area contributed by atoms with Crippen molar-refractivity contribution in [2.24, 2.45) is 0 Å². The lowest BCUT2D eigenvalue weighted by atomic mass is 10.2. The van der Waals surface area contributed by atoms with E-state index in [4.69, 9.17) is 16.7 Å². The summed E-state index contributed by atoms with van der Waals surface area (Å²) in [6.07, 6.45) is 0. The van der Waals surface area contributed by atoms with Crippen LogP contribution in [0.2, 0.25) is 5.02 Å². The van der Waals surface area contributed by atoms with Gasteiger partial charge in [0.1, 0.15) is 11.6 Å². The average Bonchev–Trinajstić information content (AvgIpc) is 2.33. The zero-order chi connectivity index (χ0) is 12.3. The van der Waals surface area contributed by atoms with Gasteiger partial charge in [0.2, 0.25) is 0 Å². The number of halogens is 2. The number of phenolic OH excluding ortho intramolecular Hbond substituents is 1. The van der Waals surface area contributed by atoms with Crippen molar-refractivity contribution in [3.63, 3.8) is 0 Å². The number of hydrogen-bond donors (Lipinski definition) is 1. The third kappa shape index (κ3) is 3.14. The highest BCUT2D eigenvalue weighted by molar-refractivity contribution is 7.98. The number of benzene rings is 2. The first kappa shape index (κ1) is 12.3. The topological polar surface area (TPSA) is 20.2 Å². The third-order valence-corrected chi connectivity index (χ3v) is 3.75. The molecule has 2 rings (SSSR count). The van der Waals surface area contributed by atoms with Crippen LogP contribution >= 0.6 is 23.4 Å². The van der Waals surface area contributed by atoms with Crippen molar-refractivity contribution in [1.82, 2.24) is 0 Å². The number of hydrogen-bond acceptors (Lipinski definition) is 2. The lowest BCUT2D eigenvalue weighted by Gasteiger charge is -2.05. The van der Waals surface area contributed by atoms with Crippen molar-refractivity contribution in [2.75, 3.05) is 0 Å². The van der Waals surface area contributed by atoms with Crippen molar-refractivity contribution in [2.45, 2.75) is 10.6 Å². The highest BCUT2D eigenvalue weighted by atomic mass is 35.5. The summed E-state index contributed by atoms with van der Waals surface area (Å²) >= 11 is 7.40. The second-order valence-electron chi connectivity index (χ2n) is 3.50. The summed E-state index contributed by atoms with van der Waals surface area (Å²) < 4.78 is 13.2. The van der Waals surface area contributed by atoms with Gasteiger partial charge in [0, 0.05) is 10.6 Å². The molecule has 0 saturated heterocycles. The second kappa shape index (κ2) is 5.43. The van der Waals surface area contributed by atoms with Crippen molar-refractivity contribution in [3.8, 4) is 5.75 Å². The Morgan fingerprint density at radius 1 is 1.12 bits per heavy atom. The van der Waals surface area contributed by atoms with Gasteiger partial charge in [-0.05, 0) is 35.9 Å². The monoisotopic (exact) mass is 268 g/mol. The maximum atomic E-state index is 13.2. The number of thioether (sulfide) groups is 1. The maximum absolute atomic E-state index is 13.2. The minimum absolute atomic E-state index is 0.179. The van der Waals surface area contributed by atoms with Crippen LogP contribution in [0.5, 0.6) is 5.75 Å². The van der Waals surface area contributed by atoms with Crippen LogP contribution in [0.4, 0.5) is 4.39 Å². The van der Waals surface area contributed by atoms with Crippen molar-refractivity contribution < 1.29 is 9.50 Å². The molecule has 2 aromatic rings. The van der Waals surface area contributed by atoms with E-state index in [0.717, 1.165) is 10.5 Å². The van der Waals surface area contributed by atoms with E-state index >= 15 is 0 Å². The van der Waals surface area contributed by atoms with Gasteiger partial charge in [-0.25, -0.2) is 4.39 Å². The molecule has 0 saturated carbocycles. The molecule has 2 aromatic carbocycles. The molecular weight excluding hydrogens is 259 g/mol. The second-order valence-corrected chi connectivity index (χ2v) is 4.92. The average molecular weight is 269 g/mol. The summed E-state index contributed by atoms with van der Waals surface area (Å²) in [5.74, 6) is 0.440. The molecule has 0 aliphatic heterocycles. The van der Waals surface area contributed by atoms with E-state index in [0.29, 0.717) is 5.75 Å². The Hall–Kier alpha value is -1.19. The minimum atomic E-state index is -0.393.